The van der Waals surface area contributed by atoms with Crippen LogP contribution in [-0.4, -0.2) is 11.5 Å². The lowest BCUT2D eigenvalue weighted by molar-refractivity contribution is 0.441. The van der Waals surface area contributed by atoms with E-state index >= 15 is 0 Å². The quantitative estimate of drug-likeness (QED) is 0.856. The Morgan fingerprint density at radius 1 is 1.20 bits per heavy atom. The van der Waals surface area contributed by atoms with Gasteiger partial charge in [-0.2, -0.15) is 0 Å². The molecule has 1 aromatic heterocycles. The van der Waals surface area contributed by atoms with Crippen LogP contribution in [0.4, 0.5) is 0 Å². The number of benzene rings is 1. The van der Waals surface area contributed by atoms with Crippen LogP contribution in [0, 0.1) is 26.7 Å². The topological polar surface area (TPSA) is 41.8 Å². The summed E-state index contributed by atoms with van der Waals surface area (Å²) in [6.45, 7) is 7.38. The van der Waals surface area contributed by atoms with E-state index in [0.717, 1.165) is 12.5 Å². The average Bonchev–Trinajstić information content (AvgIpc) is 2.99. The summed E-state index contributed by atoms with van der Waals surface area (Å²) in [4.78, 5) is 3.59. The molecule has 1 aliphatic rings. The number of nitrogens with one attached hydrogen (secondary N) is 1. The fraction of sp³-hybridized carbons (Fsp3) is 0.556. The molecular weight excluding hydrogens is 244 g/mol. The van der Waals surface area contributed by atoms with Crippen LogP contribution in [0.2, 0.25) is 0 Å². The number of nitrogens with two attached hydrogens (primary N) is 1. The van der Waals surface area contributed by atoms with Crippen molar-refractivity contribution in [3.63, 3.8) is 0 Å². The van der Waals surface area contributed by atoms with Gasteiger partial charge in [-0.25, -0.2) is 0 Å². The Bertz CT molecular complexity index is 618. The molecule has 3 rings (SSSR count). The Morgan fingerprint density at radius 3 is 2.55 bits per heavy atom. The molecule has 0 aliphatic heterocycles. The minimum Gasteiger partial charge on any atom is -0.358 e. The molecule has 3 N–H and O–H groups in total. The zero-order valence-electron chi connectivity index (χ0n) is 12.9. The highest BCUT2D eigenvalue weighted by Gasteiger charge is 2.29. The van der Waals surface area contributed by atoms with Gasteiger partial charge < -0.3 is 10.7 Å². The third kappa shape index (κ3) is 2.16. The predicted molar refractivity (Wildman–Crippen MR) is 86.3 cm³/mol. The minimum absolute atomic E-state index is 0.521. The zero-order chi connectivity index (χ0) is 14.3. The lowest BCUT2D eigenvalue weighted by Crippen LogP contribution is -2.20. The molecule has 1 aliphatic carbocycles. The highest BCUT2D eigenvalue weighted by Crippen LogP contribution is 2.41. The molecule has 0 saturated heterocycles. The molecule has 0 radical (unpaired) electrons. The molecule has 0 spiro atoms. The monoisotopic (exact) mass is 270 g/mol. The lowest BCUT2D eigenvalue weighted by Gasteiger charge is -2.23. The van der Waals surface area contributed by atoms with Gasteiger partial charge >= 0.3 is 0 Å². The van der Waals surface area contributed by atoms with Gasteiger partial charge in [-0.05, 0) is 68.8 Å². The van der Waals surface area contributed by atoms with Gasteiger partial charge in [0.2, 0.25) is 0 Å². The van der Waals surface area contributed by atoms with Gasteiger partial charge in [0.05, 0.1) is 0 Å². The Hall–Kier alpha value is -1.28. The largest absolute Gasteiger partial charge is 0.358 e. The van der Waals surface area contributed by atoms with Crippen molar-refractivity contribution in [3.05, 3.63) is 34.5 Å². The molecule has 2 aromatic rings. The van der Waals surface area contributed by atoms with E-state index in [0.29, 0.717) is 5.92 Å². The molecule has 2 nitrogen and oxygen atoms in total. The molecule has 0 bridgehead atoms. The summed E-state index contributed by atoms with van der Waals surface area (Å²) in [6, 6.07) is 4.56. The highest BCUT2D eigenvalue weighted by atomic mass is 14.7. The summed E-state index contributed by atoms with van der Waals surface area (Å²) in [6.07, 6.45) is 5.44. The van der Waals surface area contributed by atoms with E-state index in [1.807, 2.05) is 0 Å². The van der Waals surface area contributed by atoms with Gasteiger partial charge in [-0.1, -0.05) is 18.9 Å². The minimum atomic E-state index is 0.521. The van der Waals surface area contributed by atoms with Crippen molar-refractivity contribution in [3.8, 4) is 0 Å². The number of aryl methyl sites for hydroxylation is 3. The zero-order valence-corrected chi connectivity index (χ0v) is 12.9. The number of fused-ring (bicyclic) bond motifs is 1. The van der Waals surface area contributed by atoms with Crippen LogP contribution < -0.4 is 5.73 Å². The number of H-pyrrole nitrogens is 1. The molecular formula is C18H26N2. The molecule has 20 heavy (non-hydrogen) atoms. The molecule has 1 fully saturated rings. The maximum absolute atomic E-state index is 6.17. The van der Waals surface area contributed by atoms with Crippen molar-refractivity contribution in [2.24, 2.45) is 11.7 Å². The third-order valence-electron chi connectivity index (χ3n) is 5.07. The van der Waals surface area contributed by atoms with Crippen molar-refractivity contribution in [2.75, 3.05) is 6.54 Å². The third-order valence-corrected chi connectivity index (χ3v) is 5.07. The number of hydrogen-bond acceptors (Lipinski definition) is 1. The van der Waals surface area contributed by atoms with Gasteiger partial charge in [0.15, 0.2) is 0 Å². The van der Waals surface area contributed by atoms with Crippen LogP contribution in [0.25, 0.3) is 10.9 Å². The van der Waals surface area contributed by atoms with Crippen LogP contribution in [0.3, 0.4) is 0 Å². The molecule has 1 heterocycles. The van der Waals surface area contributed by atoms with E-state index in [2.05, 4.69) is 37.9 Å². The van der Waals surface area contributed by atoms with Crippen LogP contribution in [-0.2, 0) is 0 Å². The Balaban J connectivity index is 2.16. The van der Waals surface area contributed by atoms with Crippen molar-refractivity contribution in [1.82, 2.24) is 4.98 Å². The van der Waals surface area contributed by atoms with Crippen molar-refractivity contribution in [2.45, 2.75) is 52.4 Å². The summed E-state index contributed by atoms with van der Waals surface area (Å²) in [7, 11) is 0. The lowest BCUT2D eigenvalue weighted by atomic mass is 9.82. The first-order valence-electron chi connectivity index (χ1n) is 7.91. The number of aromatic nitrogens is 1. The maximum Gasteiger partial charge on any atom is 0.0464 e. The van der Waals surface area contributed by atoms with Gasteiger partial charge in [0.25, 0.3) is 0 Å². The second-order valence-electron chi connectivity index (χ2n) is 6.55. The van der Waals surface area contributed by atoms with E-state index < -0.39 is 0 Å². The maximum atomic E-state index is 6.17. The van der Waals surface area contributed by atoms with E-state index in [9.17, 15) is 0 Å². The molecule has 1 aromatic carbocycles. The van der Waals surface area contributed by atoms with E-state index in [4.69, 9.17) is 5.73 Å². The van der Waals surface area contributed by atoms with Crippen LogP contribution in [0.1, 0.15) is 54.0 Å². The van der Waals surface area contributed by atoms with E-state index in [1.54, 1.807) is 0 Å². The number of hydrogen-bond donors (Lipinski definition) is 2. The van der Waals surface area contributed by atoms with Crippen molar-refractivity contribution < 1.29 is 0 Å². The Labute approximate surface area is 121 Å². The summed E-state index contributed by atoms with van der Waals surface area (Å²) in [5.41, 5.74) is 13.0. The molecule has 1 unspecified atom stereocenters. The molecule has 0 amide bonds. The van der Waals surface area contributed by atoms with Crippen molar-refractivity contribution >= 4 is 10.9 Å². The first-order chi connectivity index (χ1) is 9.61. The molecule has 2 heteroatoms. The smallest absolute Gasteiger partial charge is 0.0464 e. The summed E-state index contributed by atoms with van der Waals surface area (Å²) < 4.78 is 0. The summed E-state index contributed by atoms with van der Waals surface area (Å²) in [5.74, 6) is 1.30. The van der Waals surface area contributed by atoms with E-state index in [-0.39, 0.29) is 0 Å². The number of rotatable bonds is 3. The van der Waals surface area contributed by atoms with Crippen LogP contribution in [0.15, 0.2) is 12.1 Å². The first-order valence-corrected chi connectivity index (χ1v) is 7.91. The van der Waals surface area contributed by atoms with E-state index in [1.165, 1.54) is 59.0 Å². The SMILES string of the molecule is Cc1cc(C)c2c(C(CN)C3CCCC3)c(C)[nH]c2c1. The first kappa shape index (κ1) is 13.7. The van der Waals surface area contributed by atoms with Crippen molar-refractivity contribution in [1.29, 1.82) is 0 Å². The molecule has 108 valence electrons. The van der Waals surface area contributed by atoms with Crippen LogP contribution >= 0.6 is 0 Å². The summed E-state index contributed by atoms with van der Waals surface area (Å²) in [5, 5.41) is 1.43. The van der Waals surface area contributed by atoms with Gasteiger partial charge in [0, 0.05) is 22.5 Å². The van der Waals surface area contributed by atoms with Crippen LogP contribution in [0.5, 0.6) is 0 Å². The normalized spacial score (nSPS) is 18.0. The Kier molecular flexibility index (Phi) is 3.59. The number of aromatic amines is 1. The average molecular weight is 270 g/mol. The van der Waals surface area contributed by atoms with Gasteiger partial charge in [-0.3, -0.25) is 0 Å². The molecule has 1 atom stereocenters. The second-order valence-corrected chi connectivity index (χ2v) is 6.55. The Morgan fingerprint density at radius 2 is 1.90 bits per heavy atom. The second kappa shape index (κ2) is 5.25. The molecule has 1 saturated carbocycles. The fourth-order valence-electron chi connectivity index (χ4n) is 4.25. The van der Waals surface area contributed by atoms with Gasteiger partial charge in [0.1, 0.15) is 0 Å². The predicted octanol–water partition coefficient (Wildman–Crippen LogP) is 4.33. The fourth-order valence-corrected chi connectivity index (χ4v) is 4.25. The highest BCUT2D eigenvalue weighted by molar-refractivity contribution is 5.89. The summed E-state index contributed by atoms with van der Waals surface area (Å²) >= 11 is 0. The van der Waals surface area contributed by atoms with Gasteiger partial charge in [-0.15, -0.1) is 0 Å². The standard InChI is InChI=1S/C18H26N2/c1-11-8-12(2)17-16(9-11)20-13(3)18(17)15(10-19)14-6-4-5-7-14/h8-9,14-15,20H,4-7,10,19H2,1-3H3.